The van der Waals surface area contributed by atoms with E-state index in [4.69, 9.17) is 5.21 Å². The molecular weight excluding hydrogens is 161 g/mol. The average molecular weight is 174 g/mol. The standard InChI is InChI=1S/C4H11N3O2.Na.H2O/c1-3-6(4-2)7(9)5-8;;/h8H,3-4H2,1-2H3;;1H2/b7-5-;;. The quantitative estimate of drug-likeness (QED) is 0.267. The van der Waals surface area contributed by atoms with Crippen LogP contribution in [0.1, 0.15) is 13.8 Å². The molecule has 0 aromatic carbocycles. The molecule has 0 aliphatic rings. The normalized spacial score (nSPS) is 9.45. The van der Waals surface area contributed by atoms with E-state index in [0.29, 0.717) is 13.1 Å². The van der Waals surface area contributed by atoms with Crippen LogP contribution in [0.2, 0.25) is 0 Å². The molecule has 6 nitrogen and oxygen atoms in total. The van der Waals surface area contributed by atoms with Crippen LogP contribution in [0.5, 0.6) is 0 Å². The first kappa shape index (κ1) is 17.2. The van der Waals surface area contributed by atoms with E-state index in [1.54, 1.807) is 13.8 Å². The van der Waals surface area contributed by atoms with Gasteiger partial charge in [0.05, 0.1) is 18.1 Å². The molecule has 0 aromatic heterocycles. The molecule has 0 spiro atoms. The minimum atomic E-state index is 0. The largest absolute Gasteiger partial charge is 0.569 e. The van der Waals surface area contributed by atoms with Gasteiger partial charge < -0.3 is 15.9 Å². The summed E-state index contributed by atoms with van der Waals surface area (Å²) in [5.41, 5.74) is 0. The van der Waals surface area contributed by atoms with E-state index in [9.17, 15) is 5.21 Å². The summed E-state index contributed by atoms with van der Waals surface area (Å²) in [6.45, 7) is 4.70. The van der Waals surface area contributed by atoms with Gasteiger partial charge in [0.2, 0.25) is 5.28 Å². The summed E-state index contributed by atoms with van der Waals surface area (Å²) in [4.78, 5) is 0.167. The van der Waals surface area contributed by atoms with Crippen LogP contribution in [0, 0.1) is 5.21 Å². The summed E-state index contributed by atoms with van der Waals surface area (Å²) in [6.07, 6.45) is 0. The molecule has 0 rings (SSSR count). The Morgan fingerprint density at radius 3 is 1.91 bits per heavy atom. The molecule has 0 aromatic rings. The molecule has 1 radical (unpaired) electrons. The molecule has 63 valence electrons. The summed E-state index contributed by atoms with van der Waals surface area (Å²) in [5.74, 6) is 0. The Balaban J connectivity index is -0.000000320. The van der Waals surface area contributed by atoms with Gasteiger partial charge in [-0.25, -0.2) is 0 Å². The fraction of sp³-hybridized carbons (Fsp3) is 1.00. The van der Waals surface area contributed by atoms with Gasteiger partial charge in [0, 0.05) is 29.6 Å². The summed E-state index contributed by atoms with van der Waals surface area (Å²) in [6, 6.07) is 0. The van der Waals surface area contributed by atoms with Crippen molar-refractivity contribution < 1.29 is 15.7 Å². The zero-order chi connectivity index (χ0) is 7.28. The van der Waals surface area contributed by atoms with Crippen molar-refractivity contribution in [1.29, 1.82) is 0 Å². The molecule has 11 heavy (non-hydrogen) atoms. The van der Waals surface area contributed by atoms with Crippen molar-refractivity contribution in [2.75, 3.05) is 13.1 Å². The van der Waals surface area contributed by atoms with Crippen LogP contribution in [0.25, 0.3) is 0 Å². The molecule has 0 atom stereocenters. The topological polar surface area (TPSA) is 93.4 Å². The summed E-state index contributed by atoms with van der Waals surface area (Å²) < 4.78 is 0. The van der Waals surface area contributed by atoms with Gasteiger partial charge in [0.15, 0.2) is 0 Å². The number of hydrogen-bond donors (Lipinski definition) is 1. The molecule has 0 aliphatic carbocycles. The van der Waals surface area contributed by atoms with Gasteiger partial charge in [-0.05, 0) is 13.8 Å². The molecular formula is C4H13N3NaO3. The molecule has 0 bridgehead atoms. The fourth-order valence-corrected chi connectivity index (χ4v) is 0.522. The predicted octanol–water partition coefficient (Wildman–Crippen LogP) is -0.611. The van der Waals surface area contributed by atoms with E-state index >= 15 is 0 Å². The second-order valence-electron chi connectivity index (χ2n) is 1.48. The van der Waals surface area contributed by atoms with Crippen LogP contribution in [-0.4, -0.2) is 63.3 Å². The van der Waals surface area contributed by atoms with Crippen LogP contribution in [0.4, 0.5) is 0 Å². The number of rotatable bonds is 3. The van der Waals surface area contributed by atoms with E-state index in [1.807, 2.05) is 0 Å². The van der Waals surface area contributed by atoms with Gasteiger partial charge in [-0.2, -0.15) is 0 Å². The van der Waals surface area contributed by atoms with Crippen LogP contribution >= 0.6 is 0 Å². The smallest absolute Gasteiger partial charge is 0.230 e. The fourth-order valence-electron chi connectivity index (χ4n) is 0.522. The minimum absolute atomic E-state index is 0. The van der Waals surface area contributed by atoms with Crippen LogP contribution in [0.15, 0.2) is 5.28 Å². The van der Waals surface area contributed by atoms with Crippen molar-refractivity contribution in [2.45, 2.75) is 13.8 Å². The van der Waals surface area contributed by atoms with Gasteiger partial charge in [0.25, 0.3) is 0 Å². The Hall–Kier alpha value is -0.0400. The van der Waals surface area contributed by atoms with Gasteiger partial charge in [-0.1, -0.05) is 0 Å². The number of hydrogen-bond acceptors (Lipinski definition) is 2. The van der Waals surface area contributed by atoms with Crippen molar-refractivity contribution in [3.05, 3.63) is 5.21 Å². The predicted molar refractivity (Wildman–Crippen MR) is 40.1 cm³/mol. The first-order chi connectivity index (χ1) is 4.26. The van der Waals surface area contributed by atoms with E-state index in [0.717, 1.165) is 0 Å². The van der Waals surface area contributed by atoms with Crippen LogP contribution in [0.3, 0.4) is 0 Å². The van der Waals surface area contributed by atoms with E-state index in [2.05, 4.69) is 5.28 Å². The molecule has 7 heteroatoms. The average Bonchev–Trinajstić information content (AvgIpc) is 1.90. The van der Waals surface area contributed by atoms with Crippen LogP contribution in [-0.2, 0) is 0 Å². The maximum Gasteiger partial charge on any atom is 0.230 e. The molecule has 0 saturated carbocycles. The van der Waals surface area contributed by atoms with Crippen molar-refractivity contribution in [2.24, 2.45) is 5.28 Å². The molecule has 0 saturated heterocycles. The zero-order valence-corrected chi connectivity index (χ0v) is 9.11. The SMILES string of the molecule is CCN(CC)/[N+]([O-])=N/O.O.[Na]. The third-order valence-corrected chi connectivity index (χ3v) is 1.05. The molecule has 3 N–H and O–H groups in total. The molecule has 0 fully saturated rings. The zero-order valence-electron chi connectivity index (χ0n) is 7.11. The maximum absolute atomic E-state index is 10.4. The summed E-state index contributed by atoms with van der Waals surface area (Å²) >= 11 is 0. The summed E-state index contributed by atoms with van der Waals surface area (Å²) in [7, 11) is 0. The Morgan fingerprint density at radius 2 is 1.82 bits per heavy atom. The van der Waals surface area contributed by atoms with E-state index in [-0.39, 0.29) is 40.0 Å². The van der Waals surface area contributed by atoms with Gasteiger partial charge >= 0.3 is 0 Å². The van der Waals surface area contributed by atoms with Crippen molar-refractivity contribution >= 4 is 29.6 Å². The Kier molecular flexibility index (Phi) is 15.5. The first-order valence-corrected chi connectivity index (χ1v) is 2.83. The Labute approximate surface area is 87.6 Å². The van der Waals surface area contributed by atoms with E-state index in [1.165, 1.54) is 5.01 Å². The van der Waals surface area contributed by atoms with Gasteiger partial charge in [0.1, 0.15) is 0 Å². The number of nitrogens with zero attached hydrogens (tertiary/aromatic N) is 3. The molecule has 0 heterocycles. The van der Waals surface area contributed by atoms with Crippen molar-refractivity contribution in [1.82, 2.24) is 5.01 Å². The van der Waals surface area contributed by atoms with Crippen LogP contribution < -0.4 is 0 Å². The summed E-state index contributed by atoms with van der Waals surface area (Å²) in [5, 5.41) is 22.1. The maximum atomic E-state index is 10.4. The second kappa shape index (κ2) is 9.96. The van der Waals surface area contributed by atoms with Gasteiger partial charge in [-0.3, -0.25) is 0 Å². The molecule has 0 aliphatic heterocycles. The van der Waals surface area contributed by atoms with Crippen molar-refractivity contribution in [3.63, 3.8) is 0 Å². The minimum Gasteiger partial charge on any atom is -0.569 e. The van der Waals surface area contributed by atoms with E-state index < -0.39 is 0 Å². The first-order valence-electron chi connectivity index (χ1n) is 2.83. The third kappa shape index (κ3) is 6.36. The van der Waals surface area contributed by atoms with Gasteiger partial charge in [-0.15, -0.1) is 5.01 Å². The second-order valence-corrected chi connectivity index (χ2v) is 1.48. The third-order valence-electron chi connectivity index (χ3n) is 1.05. The Morgan fingerprint density at radius 1 is 1.45 bits per heavy atom. The number of hydrazine groups is 1. The molecule has 0 unspecified atom stereocenters. The monoisotopic (exact) mass is 174 g/mol. The van der Waals surface area contributed by atoms with Crippen molar-refractivity contribution in [3.8, 4) is 0 Å². The Bertz CT molecular complexity index is 107. The molecule has 0 amide bonds.